The molecule has 106 valence electrons. The maximum absolute atomic E-state index is 5.13. The van der Waals surface area contributed by atoms with E-state index >= 15 is 0 Å². The zero-order valence-corrected chi connectivity index (χ0v) is 11.9. The molecule has 2 N–H and O–H groups in total. The van der Waals surface area contributed by atoms with Crippen molar-refractivity contribution < 1.29 is 4.74 Å². The average Bonchev–Trinajstić information content (AvgIpc) is 2.52. The Morgan fingerprint density at radius 2 is 1.75 bits per heavy atom. The molecular formula is C15H20N4O. The first-order chi connectivity index (χ1) is 9.81. The van der Waals surface area contributed by atoms with Gasteiger partial charge < -0.3 is 15.4 Å². The Morgan fingerprint density at radius 1 is 1.05 bits per heavy atom. The number of hydrogen-bond acceptors (Lipinski definition) is 5. The summed E-state index contributed by atoms with van der Waals surface area (Å²) < 4.78 is 5.13. The molecule has 1 heterocycles. The lowest BCUT2D eigenvalue weighted by atomic mass is 10.2. The fourth-order valence-electron chi connectivity index (χ4n) is 1.73. The maximum Gasteiger partial charge on any atom is 0.147 e. The lowest BCUT2D eigenvalue weighted by Gasteiger charge is -2.08. The van der Waals surface area contributed by atoms with Crippen LogP contribution < -0.4 is 15.4 Å². The summed E-state index contributed by atoms with van der Waals surface area (Å²) in [5, 5.41) is 6.48. The van der Waals surface area contributed by atoms with Crippen molar-refractivity contribution in [2.24, 2.45) is 0 Å². The molecule has 0 fully saturated rings. The number of benzene rings is 1. The molecule has 2 aromatic rings. The second kappa shape index (κ2) is 7.33. The summed E-state index contributed by atoms with van der Waals surface area (Å²) in [4.78, 5) is 8.62. The Hall–Kier alpha value is -2.30. The molecule has 0 aliphatic carbocycles. The number of nitrogens with one attached hydrogen (secondary N) is 2. The van der Waals surface area contributed by atoms with Gasteiger partial charge in [0.2, 0.25) is 0 Å². The van der Waals surface area contributed by atoms with Crippen molar-refractivity contribution in [1.82, 2.24) is 9.97 Å². The first kappa shape index (κ1) is 14.1. The summed E-state index contributed by atoms with van der Waals surface area (Å²) in [6, 6.07) is 7.95. The molecule has 20 heavy (non-hydrogen) atoms. The first-order valence-electron chi connectivity index (χ1n) is 6.74. The summed E-state index contributed by atoms with van der Waals surface area (Å²) in [6.45, 7) is 3.72. The van der Waals surface area contributed by atoms with Crippen LogP contribution in [0.2, 0.25) is 0 Å². The largest absolute Gasteiger partial charge is 0.497 e. The van der Waals surface area contributed by atoms with Gasteiger partial charge in [0, 0.05) is 13.1 Å². The van der Waals surface area contributed by atoms with Crippen LogP contribution in [0.15, 0.2) is 36.7 Å². The molecule has 1 aromatic carbocycles. The Morgan fingerprint density at radius 3 is 2.40 bits per heavy atom. The number of nitrogens with zero attached hydrogens (tertiary/aromatic N) is 2. The second-order valence-corrected chi connectivity index (χ2v) is 4.42. The van der Waals surface area contributed by atoms with Gasteiger partial charge in [-0.15, -0.1) is 0 Å². The van der Waals surface area contributed by atoms with Gasteiger partial charge in [-0.05, 0) is 24.1 Å². The first-order valence-corrected chi connectivity index (χ1v) is 6.74. The number of methoxy groups -OCH3 is 1. The lowest BCUT2D eigenvalue weighted by Crippen LogP contribution is -2.06. The van der Waals surface area contributed by atoms with Crippen LogP contribution in [0.25, 0.3) is 0 Å². The van der Waals surface area contributed by atoms with Crippen LogP contribution in [0.1, 0.15) is 18.9 Å². The van der Waals surface area contributed by atoms with Gasteiger partial charge >= 0.3 is 0 Å². The lowest BCUT2D eigenvalue weighted by molar-refractivity contribution is 0.414. The summed E-state index contributed by atoms with van der Waals surface area (Å²) in [5.41, 5.74) is 1.17. The van der Waals surface area contributed by atoms with Crippen molar-refractivity contribution in [2.75, 3.05) is 24.3 Å². The Bertz CT molecular complexity index is 528. The highest BCUT2D eigenvalue weighted by Gasteiger charge is 1.99. The zero-order valence-electron chi connectivity index (χ0n) is 11.9. The minimum Gasteiger partial charge on any atom is -0.497 e. The molecule has 0 radical (unpaired) electrons. The summed E-state index contributed by atoms with van der Waals surface area (Å²) in [6.07, 6.45) is 4.51. The molecule has 5 heteroatoms. The van der Waals surface area contributed by atoms with Crippen molar-refractivity contribution in [3.63, 3.8) is 0 Å². The fraction of sp³-hybridized carbons (Fsp3) is 0.333. The highest BCUT2D eigenvalue weighted by atomic mass is 16.5. The van der Waals surface area contributed by atoms with Crippen molar-refractivity contribution in [3.8, 4) is 5.75 Å². The van der Waals surface area contributed by atoms with Crippen molar-refractivity contribution in [2.45, 2.75) is 19.9 Å². The molecule has 0 aliphatic rings. The minimum atomic E-state index is 0.704. The highest BCUT2D eigenvalue weighted by Crippen LogP contribution is 2.13. The molecule has 1 aromatic heterocycles. The number of hydrogen-bond donors (Lipinski definition) is 2. The molecule has 0 bridgehead atoms. The predicted octanol–water partition coefficient (Wildman–Crippen LogP) is 2.92. The molecule has 0 aliphatic heterocycles. The zero-order chi connectivity index (χ0) is 14.2. The molecule has 0 saturated carbocycles. The Kier molecular flexibility index (Phi) is 5.17. The molecule has 2 rings (SSSR count). The van der Waals surface area contributed by atoms with E-state index in [1.807, 2.05) is 24.3 Å². The second-order valence-electron chi connectivity index (χ2n) is 4.42. The van der Waals surface area contributed by atoms with Crippen LogP contribution in [-0.2, 0) is 6.54 Å². The summed E-state index contributed by atoms with van der Waals surface area (Å²) >= 11 is 0. The van der Waals surface area contributed by atoms with Crippen molar-refractivity contribution in [3.05, 3.63) is 42.2 Å². The average molecular weight is 272 g/mol. The van der Waals surface area contributed by atoms with E-state index in [2.05, 4.69) is 27.5 Å². The van der Waals surface area contributed by atoms with Gasteiger partial charge in [0.05, 0.1) is 19.5 Å². The van der Waals surface area contributed by atoms with Crippen LogP contribution >= 0.6 is 0 Å². The van der Waals surface area contributed by atoms with E-state index in [1.54, 1.807) is 19.5 Å². The third kappa shape index (κ3) is 4.12. The topological polar surface area (TPSA) is 59.1 Å². The quantitative estimate of drug-likeness (QED) is 0.811. The van der Waals surface area contributed by atoms with E-state index in [-0.39, 0.29) is 0 Å². The van der Waals surface area contributed by atoms with Gasteiger partial charge in [-0.25, -0.2) is 4.98 Å². The van der Waals surface area contributed by atoms with Crippen LogP contribution in [-0.4, -0.2) is 23.6 Å². The van der Waals surface area contributed by atoms with Gasteiger partial charge in [-0.1, -0.05) is 19.1 Å². The Balaban J connectivity index is 1.92. The molecule has 5 nitrogen and oxygen atoms in total. The van der Waals surface area contributed by atoms with Crippen molar-refractivity contribution in [1.29, 1.82) is 0 Å². The third-order valence-corrected chi connectivity index (χ3v) is 2.82. The number of ether oxygens (including phenoxy) is 1. The number of aromatic nitrogens is 2. The normalized spacial score (nSPS) is 10.1. The van der Waals surface area contributed by atoms with Crippen LogP contribution in [0.3, 0.4) is 0 Å². The predicted molar refractivity (Wildman–Crippen MR) is 81.1 cm³/mol. The van der Waals surface area contributed by atoms with Crippen LogP contribution in [0.4, 0.5) is 11.6 Å². The third-order valence-electron chi connectivity index (χ3n) is 2.82. The minimum absolute atomic E-state index is 0.704. The maximum atomic E-state index is 5.13. The number of rotatable bonds is 7. The molecular weight excluding hydrogens is 252 g/mol. The monoisotopic (exact) mass is 272 g/mol. The van der Waals surface area contributed by atoms with E-state index in [0.29, 0.717) is 6.54 Å². The van der Waals surface area contributed by atoms with Gasteiger partial charge in [0.15, 0.2) is 0 Å². The van der Waals surface area contributed by atoms with Crippen LogP contribution in [0, 0.1) is 0 Å². The molecule has 0 atom stereocenters. The standard InChI is InChI=1S/C15H20N4O/c1-3-8-17-14-10-16-11-15(19-14)18-9-12-4-6-13(20-2)7-5-12/h4-7,10-11H,3,8-9H2,1-2H3,(H2,17,18,19). The fourth-order valence-corrected chi connectivity index (χ4v) is 1.73. The van der Waals surface area contributed by atoms with Gasteiger partial charge in [0.25, 0.3) is 0 Å². The molecule has 0 unspecified atom stereocenters. The van der Waals surface area contributed by atoms with E-state index in [9.17, 15) is 0 Å². The van der Waals surface area contributed by atoms with Crippen LogP contribution in [0.5, 0.6) is 5.75 Å². The SMILES string of the molecule is CCCNc1cncc(NCc2ccc(OC)cc2)n1. The smallest absolute Gasteiger partial charge is 0.147 e. The summed E-state index contributed by atoms with van der Waals surface area (Å²) in [7, 11) is 1.66. The van der Waals surface area contributed by atoms with E-state index < -0.39 is 0 Å². The van der Waals surface area contributed by atoms with Crippen molar-refractivity contribution >= 4 is 11.6 Å². The number of anilines is 2. The molecule has 0 spiro atoms. The molecule has 0 saturated heterocycles. The van der Waals surface area contributed by atoms with E-state index in [0.717, 1.165) is 30.4 Å². The van der Waals surface area contributed by atoms with E-state index in [4.69, 9.17) is 4.74 Å². The van der Waals surface area contributed by atoms with Gasteiger partial charge in [0.1, 0.15) is 17.4 Å². The van der Waals surface area contributed by atoms with Gasteiger partial charge in [-0.3, -0.25) is 4.98 Å². The van der Waals surface area contributed by atoms with Gasteiger partial charge in [-0.2, -0.15) is 0 Å². The molecule has 0 amide bonds. The summed E-state index contributed by atoms with van der Waals surface area (Å²) in [5.74, 6) is 2.42. The Labute approximate surface area is 119 Å². The van der Waals surface area contributed by atoms with E-state index in [1.165, 1.54) is 5.56 Å². The highest BCUT2D eigenvalue weighted by molar-refractivity contribution is 5.42.